The second-order valence-electron chi connectivity index (χ2n) is 6.90. The quantitative estimate of drug-likeness (QED) is 0.899. The lowest BCUT2D eigenvalue weighted by atomic mass is 9.46. The summed E-state index contributed by atoms with van der Waals surface area (Å²) in [7, 11) is 0. The minimum Gasteiger partial charge on any atom is -0.508 e. The average molecular weight is 291 g/mol. The molecule has 1 heterocycles. The largest absolute Gasteiger partial charge is 0.508 e. The van der Waals surface area contributed by atoms with E-state index in [2.05, 4.69) is 5.32 Å². The minimum atomic E-state index is -0.300. The van der Waals surface area contributed by atoms with Gasteiger partial charge in [0, 0.05) is 35.6 Å². The summed E-state index contributed by atoms with van der Waals surface area (Å²) in [5.74, 6) is 0.451. The molecule has 0 bridgehead atoms. The Kier molecular flexibility index (Phi) is 3.02. The Bertz CT molecular complexity index is 558. The Labute approximate surface area is 124 Å². The summed E-state index contributed by atoms with van der Waals surface area (Å²) in [6, 6.07) is 4.55. The average Bonchev–Trinajstić information content (AvgIpc) is 2.82. The third-order valence-corrected chi connectivity index (χ3v) is 5.92. The Morgan fingerprint density at radius 1 is 1.43 bits per heavy atom. The molecule has 1 aromatic carbocycles. The molecule has 114 valence electrons. The molecule has 2 N–H and O–H groups in total. The van der Waals surface area contributed by atoms with Gasteiger partial charge in [-0.2, -0.15) is 0 Å². The summed E-state index contributed by atoms with van der Waals surface area (Å²) >= 11 is 0. The molecule has 4 rings (SSSR count). The van der Waals surface area contributed by atoms with Gasteiger partial charge in [-0.25, -0.2) is 4.39 Å². The van der Waals surface area contributed by atoms with Gasteiger partial charge in [-0.05, 0) is 44.4 Å². The Balaban J connectivity index is 1.54. The molecule has 0 amide bonds. The van der Waals surface area contributed by atoms with Crippen LogP contribution in [0.15, 0.2) is 18.2 Å². The standard InChI is InChI=1S/C17H22FNO2/c1-10(13-9-11(18)3-4-14(13)20)19-15-12-5-8-21-16(12)17(15)6-2-7-17/h3-4,9-10,12,15-16,19-20H,2,5-8H2,1H3. The second kappa shape index (κ2) is 4.68. The van der Waals surface area contributed by atoms with Crippen LogP contribution in [0.2, 0.25) is 0 Å². The van der Waals surface area contributed by atoms with Gasteiger partial charge in [0.2, 0.25) is 0 Å². The molecular formula is C17H22FNO2. The molecule has 0 aromatic heterocycles. The molecule has 3 nitrogen and oxygen atoms in total. The highest BCUT2D eigenvalue weighted by Gasteiger charge is 2.66. The molecule has 0 radical (unpaired) electrons. The molecule has 21 heavy (non-hydrogen) atoms. The number of halogens is 1. The number of nitrogens with one attached hydrogen (secondary N) is 1. The van der Waals surface area contributed by atoms with Crippen LogP contribution >= 0.6 is 0 Å². The molecule has 4 heteroatoms. The summed E-state index contributed by atoms with van der Waals surface area (Å²) in [6.45, 7) is 2.87. The van der Waals surface area contributed by atoms with Crippen molar-refractivity contribution in [3.63, 3.8) is 0 Å². The predicted molar refractivity (Wildman–Crippen MR) is 77.5 cm³/mol. The fraction of sp³-hybridized carbons (Fsp3) is 0.647. The van der Waals surface area contributed by atoms with Crippen LogP contribution in [0.25, 0.3) is 0 Å². The minimum absolute atomic E-state index is 0.0512. The smallest absolute Gasteiger partial charge is 0.123 e. The summed E-state index contributed by atoms with van der Waals surface area (Å²) in [5, 5.41) is 13.6. The van der Waals surface area contributed by atoms with Gasteiger partial charge in [0.25, 0.3) is 0 Å². The van der Waals surface area contributed by atoms with E-state index in [0.717, 1.165) is 13.0 Å². The van der Waals surface area contributed by atoms with Crippen LogP contribution in [0, 0.1) is 17.2 Å². The summed E-state index contributed by atoms with van der Waals surface area (Å²) in [4.78, 5) is 0. The molecule has 2 aliphatic carbocycles. The van der Waals surface area contributed by atoms with E-state index < -0.39 is 0 Å². The highest BCUT2D eigenvalue weighted by molar-refractivity contribution is 5.35. The molecular weight excluding hydrogens is 269 g/mol. The maximum absolute atomic E-state index is 13.4. The van der Waals surface area contributed by atoms with E-state index in [9.17, 15) is 9.50 Å². The number of fused-ring (bicyclic) bond motifs is 2. The van der Waals surface area contributed by atoms with E-state index in [0.29, 0.717) is 29.0 Å². The Morgan fingerprint density at radius 2 is 2.24 bits per heavy atom. The molecule has 4 unspecified atom stereocenters. The maximum Gasteiger partial charge on any atom is 0.123 e. The van der Waals surface area contributed by atoms with Gasteiger partial charge in [-0.15, -0.1) is 0 Å². The number of aromatic hydroxyl groups is 1. The van der Waals surface area contributed by atoms with Crippen LogP contribution < -0.4 is 5.32 Å². The number of ether oxygens (including phenoxy) is 1. The van der Waals surface area contributed by atoms with Gasteiger partial charge >= 0.3 is 0 Å². The third kappa shape index (κ3) is 1.85. The topological polar surface area (TPSA) is 41.5 Å². The zero-order valence-electron chi connectivity index (χ0n) is 12.3. The van der Waals surface area contributed by atoms with Crippen molar-refractivity contribution in [2.75, 3.05) is 6.61 Å². The van der Waals surface area contributed by atoms with Gasteiger partial charge in [0.15, 0.2) is 0 Å². The van der Waals surface area contributed by atoms with E-state index >= 15 is 0 Å². The first-order valence-electron chi connectivity index (χ1n) is 7.98. The summed E-state index contributed by atoms with van der Waals surface area (Å²) in [6.07, 6.45) is 5.29. The number of phenols is 1. The fourth-order valence-electron chi connectivity index (χ4n) is 4.73. The fourth-order valence-corrected chi connectivity index (χ4v) is 4.73. The van der Waals surface area contributed by atoms with Crippen molar-refractivity contribution in [3.05, 3.63) is 29.6 Å². The van der Waals surface area contributed by atoms with Crippen molar-refractivity contribution in [2.45, 2.75) is 50.8 Å². The lowest BCUT2D eigenvalue weighted by molar-refractivity contribution is -0.178. The van der Waals surface area contributed by atoms with Crippen molar-refractivity contribution < 1.29 is 14.2 Å². The van der Waals surface area contributed by atoms with Crippen molar-refractivity contribution in [2.24, 2.45) is 11.3 Å². The molecule has 4 atom stereocenters. The summed E-state index contributed by atoms with van der Waals surface area (Å²) in [5.41, 5.74) is 0.949. The van der Waals surface area contributed by atoms with Crippen LogP contribution in [0.5, 0.6) is 5.75 Å². The van der Waals surface area contributed by atoms with Gasteiger partial charge in [0.05, 0.1) is 6.10 Å². The van der Waals surface area contributed by atoms with Crippen LogP contribution in [0.1, 0.15) is 44.2 Å². The Morgan fingerprint density at radius 3 is 2.95 bits per heavy atom. The molecule has 1 aromatic rings. The van der Waals surface area contributed by atoms with Gasteiger partial charge in [-0.3, -0.25) is 0 Å². The Hall–Kier alpha value is -1.13. The van der Waals surface area contributed by atoms with Crippen LogP contribution in [-0.4, -0.2) is 23.9 Å². The van der Waals surface area contributed by atoms with Gasteiger partial charge < -0.3 is 15.2 Å². The first-order chi connectivity index (χ1) is 10.1. The highest BCUT2D eigenvalue weighted by atomic mass is 19.1. The van der Waals surface area contributed by atoms with Crippen molar-refractivity contribution >= 4 is 0 Å². The van der Waals surface area contributed by atoms with E-state index in [1.54, 1.807) is 0 Å². The third-order valence-electron chi connectivity index (χ3n) is 5.92. The molecule has 3 aliphatic rings. The second-order valence-corrected chi connectivity index (χ2v) is 6.90. The van der Waals surface area contributed by atoms with E-state index in [1.807, 2.05) is 6.92 Å². The number of hydrogen-bond acceptors (Lipinski definition) is 3. The van der Waals surface area contributed by atoms with Crippen molar-refractivity contribution in [1.29, 1.82) is 0 Å². The monoisotopic (exact) mass is 291 g/mol. The molecule has 3 fully saturated rings. The number of rotatable bonds is 3. The van der Waals surface area contributed by atoms with Crippen LogP contribution in [0.4, 0.5) is 4.39 Å². The van der Waals surface area contributed by atoms with Gasteiger partial charge in [-0.1, -0.05) is 6.42 Å². The number of benzene rings is 1. The van der Waals surface area contributed by atoms with Crippen molar-refractivity contribution in [1.82, 2.24) is 5.32 Å². The zero-order valence-corrected chi connectivity index (χ0v) is 12.3. The van der Waals surface area contributed by atoms with E-state index in [-0.39, 0.29) is 17.6 Å². The van der Waals surface area contributed by atoms with E-state index in [1.165, 1.54) is 37.5 Å². The first-order valence-corrected chi connectivity index (χ1v) is 7.98. The molecule has 1 saturated heterocycles. The molecule has 1 aliphatic heterocycles. The lowest BCUT2D eigenvalue weighted by Gasteiger charge is -2.64. The van der Waals surface area contributed by atoms with E-state index in [4.69, 9.17) is 4.74 Å². The first kappa shape index (κ1) is 13.5. The van der Waals surface area contributed by atoms with Crippen LogP contribution in [0.3, 0.4) is 0 Å². The highest BCUT2D eigenvalue weighted by Crippen LogP contribution is 2.63. The zero-order chi connectivity index (χ0) is 14.6. The number of hydrogen-bond donors (Lipinski definition) is 2. The number of phenolic OH excluding ortho intramolecular Hbond substituents is 1. The SMILES string of the molecule is CC(NC1C2CCOC2C12CCC2)c1cc(F)ccc1O. The predicted octanol–water partition coefficient (Wildman–Crippen LogP) is 3.14. The summed E-state index contributed by atoms with van der Waals surface area (Å²) < 4.78 is 19.3. The lowest BCUT2D eigenvalue weighted by Crippen LogP contribution is -2.71. The maximum atomic E-state index is 13.4. The molecule has 2 saturated carbocycles. The molecule has 1 spiro atoms. The van der Waals surface area contributed by atoms with Crippen LogP contribution in [-0.2, 0) is 4.74 Å². The van der Waals surface area contributed by atoms with Gasteiger partial charge in [0.1, 0.15) is 11.6 Å². The van der Waals surface area contributed by atoms with Crippen molar-refractivity contribution in [3.8, 4) is 5.75 Å². The normalized spacial score (nSPS) is 34.1.